The van der Waals surface area contributed by atoms with Gasteiger partial charge in [0.2, 0.25) is 0 Å². The van der Waals surface area contributed by atoms with Crippen molar-refractivity contribution in [3.8, 4) is 0 Å². The molecule has 0 fully saturated rings. The normalized spacial score (nSPS) is 12.5. The molecule has 88 valence electrons. The molecule has 1 aromatic rings. The Kier molecular flexibility index (Phi) is 8.43. The molecule has 0 spiro atoms. The van der Waals surface area contributed by atoms with Gasteiger partial charge in [-0.05, 0) is 12.1 Å². The molecular weight excluding hydrogens is 292 g/mol. The molecule has 1 aromatic carbocycles. The topological polar surface area (TPSA) is 17.1 Å². The standard InChI is InChI=1S/C11H11Cl3OP.Li/c1-3-6(2)16-11(15)10-8(13)4-7(12)5-9(10)14;/h4-6H,3H2,1-2H3;/q-1;+1. The van der Waals surface area contributed by atoms with Crippen molar-refractivity contribution < 1.29 is 23.7 Å². The zero-order chi connectivity index (χ0) is 12.3. The van der Waals surface area contributed by atoms with Crippen molar-refractivity contribution in [3.05, 3.63) is 32.8 Å². The van der Waals surface area contributed by atoms with Crippen LogP contribution in [0.25, 0.3) is 0 Å². The van der Waals surface area contributed by atoms with E-state index in [2.05, 4.69) is 0 Å². The summed E-state index contributed by atoms with van der Waals surface area (Å²) in [6.45, 7) is 4.05. The number of carbonyl (C=O) groups excluding carboxylic acids is 1. The average Bonchev–Trinajstić information content (AvgIpc) is 2.15. The summed E-state index contributed by atoms with van der Waals surface area (Å²) in [6, 6.07) is 3.07. The van der Waals surface area contributed by atoms with Gasteiger partial charge in [0, 0.05) is 16.1 Å². The van der Waals surface area contributed by atoms with Crippen LogP contribution in [0.1, 0.15) is 30.6 Å². The first kappa shape index (κ1) is 17.8. The van der Waals surface area contributed by atoms with E-state index in [1.807, 2.05) is 13.8 Å². The Morgan fingerprint density at radius 1 is 1.29 bits per heavy atom. The monoisotopic (exact) mass is 302 g/mol. The zero-order valence-electron chi connectivity index (χ0n) is 9.93. The zero-order valence-corrected chi connectivity index (χ0v) is 13.1. The van der Waals surface area contributed by atoms with Gasteiger partial charge in [-0.1, -0.05) is 55.1 Å². The van der Waals surface area contributed by atoms with E-state index in [-0.39, 0.29) is 24.4 Å². The van der Waals surface area contributed by atoms with Crippen LogP contribution in [0.5, 0.6) is 0 Å². The Bertz CT molecular complexity index is 389. The summed E-state index contributed by atoms with van der Waals surface area (Å²) in [5.41, 5.74) is 0.617. The second-order valence-electron chi connectivity index (χ2n) is 3.44. The minimum atomic E-state index is -0.0546. The second-order valence-corrected chi connectivity index (χ2v) is 6.23. The van der Waals surface area contributed by atoms with Crippen LogP contribution in [-0.2, 0) is 0 Å². The van der Waals surface area contributed by atoms with Gasteiger partial charge in [-0.25, -0.2) is 0 Å². The summed E-state index contributed by atoms with van der Waals surface area (Å²) in [7, 11) is 0.716. The van der Waals surface area contributed by atoms with Gasteiger partial charge in [0.15, 0.2) is 0 Å². The Labute approximate surface area is 131 Å². The van der Waals surface area contributed by atoms with E-state index in [1.54, 1.807) is 0 Å². The Morgan fingerprint density at radius 2 is 1.76 bits per heavy atom. The largest absolute Gasteiger partial charge is 1.00 e. The smallest absolute Gasteiger partial charge is 0.456 e. The van der Waals surface area contributed by atoms with Crippen molar-refractivity contribution in [1.29, 1.82) is 0 Å². The molecule has 0 heterocycles. The van der Waals surface area contributed by atoms with Crippen LogP contribution >= 0.6 is 43.4 Å². The molecule has 1 rings (SSSR count). The molecule has 17 heavy (non-hydrogen) atoms. The van der Waals surface area contributed by atoms with Crippen molar-refractivity contribution in [2.75, 3.05) is 0 Å². The Hall–Kier alpha value is 0.787. The minimum Gasteiger partial charge on any atom is -0.456 e. The third-order valence-corrected chi connectivity index (χ3v) is 4.23. The number of rotatable bonds is 4. The Balaban J connectivity index is 0.00000256. The van der Waals surface area contributed by atoms with Gasteiger partial charge in [-0.2, -0.15) is 5.66 Å². The molecule has 0 amide bonds. The maximum absolute atomic E-state index is 11.9. The van der Waals surface area contributed by atoms with Crippen molar-refractivity contribution in [2.24, 2.45) is 0 Å². The first-order valence-electron chi connectivity index (χ1n) is 4.85. The van der Waals surface area contributed by atoms with Crippen molar-refractivity contribution in [1.82, 2.24) is 0 Å². The summed E-state index contributed by atoms with van der Waals surface area (Å²) in [6.07, 6.45) is 0.941. The van der Waals surface area contributed by atoms with Crippen LogP contribution in [0.15, 0.2) is 12.1 Å². The van der Waals surface area contributed by atoms with Gasteiger partial charge >= 0.3 is 18.9 Å². The van der Waals surface area contributed by atoms with E-state index in [9.17, 15) is 4.79 Å². The molecule has 6 heteroatoms. The van der Waals surface area contributed by atoms with Crippen molar-refractivity contribution in [2.45, 2.75) is 25.9 Å². The predicted molar refractivity (Wildman–Crippen MR) is 72.5 cm³/mol. The number of benzene rings is 1. The van der Waals surface area contributed by atoms with Crippen LogP contribution in [0.3, 0.4) is 0 Å². The van der Waals surface area contributed by atoms with E-state index in [4.69, 9.17) is 34.8 Å². The van der Waals surface area contributed by atoms with Gasteiger partial charge < -0.3 is 13.4 Å². The Morgan fingerprint density at radius 3 is 2.18 bits per heavy atom. The SMILES string of the molecule is CCC(C)[P-]C(=O)c1c(Cl)cc(Cl)cc1Cl.[Li+]. The molecule has 0 aromatic heterocycles. The fourth-order valence-corrected chi connectivity index (χ4v) is 3.18. The molecular formula is C11H11Cl3LiOP. The molecule has 1 unspecified atom stereocenters. The third-order valence-electron chi connectivity index (χ3n) is 2.15. The molecule has 0 bridgehead atoms. The summed E-state index contributed by atoms with van der Waals surface area (Å²) in [4.78, 5) is 11.9. The van der Waals surface area contributed by atoms with Gasteiger partial charge in [-0.15, -0.1) is 0 Å². The van der Waals surface area contributed by atoms with Crippen LogP contribution in [0.2, 0.25) is 15.1 Å². The predicted octanol–water partition coefficient (Wildman–Crippen LogP) is 2.54. The van der Waals surface area contributed by atoms with Gasteiger partial charge in [0.25, 0.3) is 0 Å². The molecule has 0 aliphatic rings. The first-order chi connectivity index (χ1) is 7.45. The van der Waals surface area contributed by atoms with E-state index in [0.717, 1.165) is 6.42 Å². The summed E-state index contributed by atoms with van der Waals surface area (Å²) < 4.78 is 0. The van der Waals surface area contributed by atoms with Crippen LogP contribution in [-0.4, -0.2) is 11.2 Å². The number of hydrogen-bond donors (Lipinski definition) is 0. The molecule has 1 atom stereocenters. The van der Waals surface area contributed by atoms with Crippen LogP contribution in [0.4, 0.5) is 0 Å². The van der Waals surface area contributed by atoms with Crippen LogP contribution < -0.4 is 18.9 Å². The number of carbonyl (C=O) groups is 1. The van der Waals surface area contributed by atoms with E-state index in [0.29, 0.717) is 34.9 Å². The summed E-state index contributed by atoms with van der Waals surface area (Å²) in [5.74, 6) is 0. The fourth-order valence-electron chi connectivity index (χ4n) is 1.10. The molecule has 1 nitrogen and oxygen atoms in total. The maximum Gasteiger partial charge on any atom is 1.00 e. The second kappa shape index (κ2) is 8.06. The van der Waals surface area contributed by atoms with Crippen LogP contribution in [0, 0.1) is 0 Å². The maximum atomic E-state index is 11.9. The third kappa shape index (κ3) is 5.12. The summed E-state index contributed by atoms with van der Waals surface area (Å²) in [5, 5.41) is 1.07. The quantitative estimate of drug-likeness (QED) is 0.617. The average molecular weight is 303 g/mol. The number of hydrogen-bond acceptors (Lipinski definition) is 1. The van der Waals surface area contributed by atoms with Gasteiger partial charge in [-0.3, -0.25) is 0 Å². The van der Waals surface area contributed by atoms with E-state index in [1.165, 1.54) is 12.1 Å². The fraction of sp³-hybridized carbons (Fsp3) is 0.364. The van der Waals surface area contributed by atoms with Gasteiger partial charge in [0.1, 0.15) is 0 Å². The molecule has 0 N–H and O–H groups in total. The molecule has 0 saturated carbocycles. The van der Waals surface area contributed by atoms with E-state index >= 15 is 0 Å². The van der Waals surface area contributed by atoms with Crippen molar-refractivity contribution in [3.63, 3.8) is 0 Å². The summed E-state index contributed by atoms with van der Waals surface area (Å²) >= 11 is 17.7. The first-order valence-corrected chi connectivity index (χ1v) is 6.95. The number of halogens is 3. The molecule has 0 radical (unpaired) electrons. The minimum absolute atomic E-state index is 0. The molecule has 0 saturated heterocycles. The molecule has 0 aliphatic carbocycles. The van der Waals surface area contributed by atoms with E-state index < -0.39 is 0 Å². The molecule has 0 aliphatic heterocycles. The van der Waals surface area contributed by atoms with Crippen molar-refractivity contribution >= 4 is 48.9 Å². The van der Waals surface area contributed by atoms with Gasteiger partial charge in [0.05, 0.1) is 10.0 Å².